The van der Waals surface area contributed by atoms with Crippen molar-refractivity contribution in [2.24, 2.45) is 5.92 Å². The number of fused-ring (bicyclic) bond motifs is 4. The van der Waals surface area contributed by atoms with Crippen LogP contribution in [0.3, 0.4) is 0 Å². The fraction of sp³-hybridized carbons (Fsp3) is 0.400. The molecule has 1 N–H and O–H groups in total. The fourth-order valence-electron chi connectivity index (χ4n) is 4.57. The van der Waals surface area contributed by atoms with Crippen LogP contribution in [0.2, 0.25) is 0 Å². The second-order valence-corrected chi connectivity index (χ2v) is 7.10. The minimum absolute atomic E-state index is 0.455. The monoisotopic (exact) mass is 318 g/mol. The summed E-state index contributed by atoms with van der Waals surface area (Å²) in [6.45, 7) is 2.01. The van der Waals surface area contributed by atoms with Crippen molar-refractivity contribution in [3.8, 4) is 0 Å². The van der Waals surface area contributed by atoms with E-state index in [1.54, 1.807) is 0 Å². The summed E-state index contributed by atoms with van der Waals surface area (Å²) in [6, 6.07) is 13.1. The molecule has 0 bridgehead atoms. The minimum Gasteiger partial charge on any atom is -0.341 e. The molecule has 1 aliphatic heterocycles. The number of rotatable bonds is 2. The number of aryl methyl sites for hydroxylation is 1. The van der Waals surface area contributed by atoms with Gasteiger partial charge in [-0.15, -0.1) is 0 Å². The van der Waals surface area contributed by atoms with Gasteiger partial charge in [-0.3, -0.25) is 9.88 Å². The van der Waals surface area contributed by atoms with Crippen LogP contribution in [0, 0.1) is 5.92 Å². The lowest BCUT2D eigenvalue weighted by Crippen LogP contribution is -2.41. The maximum atomic E-state index is 4.78. The number of nitrogens with one attached hydrogen (secondary N) is 1. The number of para-hydroxylation sites is 2. The van der Waals surface area contributed by atoms with Crippen LogP contribution in [0.4, 0.5) is 0 Å². The van der Waals surface area contributed by atoms with E-state index in [9.17, 15) is 0 Å². The van der Waals surface area contributed by atoms with Gasteiger partial charge in [-0.2, -0.15) is 0 Å². The Bertz CT molecular complexity index is 836. The van der Waals surface area contributed by atoms with Gasteiger partial charge in [0.05, 0.1) is 29.3 Å². The third-order valence-electron chi connectivity index (χ3n) is 5.64. The zero-order chi connectivity index (χ0) is 15.9. The van der Waals surface area contributed by atoms with Crippen molar-refractivity contribution in [3.05, 3.63) is 59.7 Å². The summed E-state index contributed by atoms with van der Waals surface area (Å²) in [4.78, 5) is 15.6. The maximum absolute atomic E-state index is 4.78. The molecule has 1 saturated heterocycles. The maximum Gasteiger partial charge on any atom is 0.121 e. The molecule has 3 heterocycles. The lowest BCUT2D eigenvalue weighted by atomic mass is 9.77. The van der Waals surface area contributed by atoms with Gasteiger partial charge >= 0.3 is 0 Å². The van der Waals surface area contributed by atoms with Crippen molar-refractivity contribution >= 4 is 11.0 Å². The second kappa shape index (κ2) is 5.71. The molecular formula is C20H22N4. The molecule has 0 saturated carbocycles. The summed E-state index contributed by atoms with van der Waals surface area (Å²) in [5.74, 6) is 1.81. The molecule has 2 aliphatic rings. The van der Waals surface area contributed by atoms with Gasteiger partial charge in [-0.05, 0) is 61.9 Å². The molecule has 0 spiro atoms. The second-order valence-electron chi connectivity index (χ2n) is 7.10. The number of likely N-dealkylation sites (tertiary alicyclic amines) is 1. The van der Waals surface area contributed by atoms with Crippen LogP contribution in [0.15, 0.2) is 42.6 Å². The molecule has 2 atom stereocenters. The minimum atomic E-state index is 0.455. The third-order valence-corrected chi connectivity index (χ3v) is 5.64. The predicted molar refractivity (Wildman–Crippen MR) is 94.5 cm³/mol. The summed E-state index contributed by atoms with van der Waals surface area (Å²) in [5, 5.41) is 0. The Labute approximate surface area is 141 Å². The lowest BCUT2D eigenvalue weighted by Gasteiger charge is -2.44. The van der Waals surface area contributed by atoms with Crippen LogP contribution in [0.5, 0.6) is 0 Å². The number of hydrogen-bond acceptors (Lipinski definition) is 3. The van der Waals surface area contributed by atoms with Gasteiger partial charge in [-0.1, -0.05) is 18.2 Å². The van der Waals surface area contributed by atoms with E-state index in [2.05, 4.69) is 40.2 Å². The number of aromatic amines is 1. The molecular weight excluding hydrogens is 296 g/mol. The first kappa shape index (κ1) is 14.2. The summed E-state index contributed by atoms with van der Waals surface area (Å²) >= 11 is 0. The van der Waals surface area contributed by atoms with E-state index >= 15 is 0 Å². The van der Waals surface area contributed by atoms with Crippen molar-refractivity contribution in [1.29, 1.82) is 0 Å². The number of H-pyrrole nitrogens is 1. The van der Waals surface area contributed by atoms with E-state index in [4.69, 9.17) is 9.97 Å². The highest BCUT2D eigenvalue weighted by molar-refractivity contribution is 5.74. The van der Waals surface area contributed by atoms with Crippen LogP contribution in [-0.4, -0.2) is 26.4 Å². The van der Waals surface area contributed by atoms with Gasteiger partial charge in [-0.25, -0.2) is 4.98 Å². The quantitative estimate of drug-likeness (QED) is 0.780. The Balaban J connectivity index is 1.48. The molecule has 1 aromatic carbocycles. The fourth-order valence-corrected chi connectivity index (χ4v) is 4.57. The van der Waals surface area contributed by atoms with Crippen molar-refractivity contribution < 1.29 is 0 Å². The molecule has 4 nitrogen and oxygen atoms in total. The van der Waals surface area contributed by atoms with Crippen molar-refractivity contribution in [1.82, 2.24) is 19.9 Å². The topological polar surface area (TPSA) is 44.8 Å². The van der Waals surface area contributed by atoms with E-state index < -0.39 is 0 Å². The molecule has 3 aromatic rings. The first-order chi connectivity index (χ1) is 11.9. The zero-order valence-corrected chi connectivity index (χ0v) is 13.8. The van der Waals surface area contributed by atoms with Crippen molar-refractivity contribution in [2.75, 3.05) is 6.54 Å². The van der Waals surface area contributed by atoms with Gasteiger partial charge < -0.3 is 4.98 Å². The highest BCUT2D eigenvalue weighted by Crippen LogP contribution is 2.43. The highest BCUT2D eigenvalue weighted by Gasteiger charge is 2.37. The van der Waals surface area contributed by atoms with Crippen LogP contribution < -0.4 is 0 Å². The number of imidazole rings is 1. The Hall–Kier alpha value is -2.20. The van der Waals surface area contributed by atoms with Gasteiger partial charge in [0.15, 0.2) is 0 Å². The molecule has 24 heavy (non-hydrogen) atoms. The molecule has 5 rings (SSSR count). The summed E-state index contributed by atoms with van der Waals surface area (Å²) < 4.78 is 0. The van der Waals surface area contributed by atoms with Crippen LogP contribution >= 0.6 is 0 Å². The van der Waals surface area contributed by atoms with Gasteiger partial charge in [0.1, 0.15) is 5.82 Å². The number of pyridine rings is 1. The standard InChI is InChI=1S/C20H22N4/c1-2-8-17-16(7-1)22-18(23-17)13-24-12-4-6-15-10-9-14-5-3-11-21-19(14)20(15)24/h1-3,5,7-8,11,15,20H,4,6,9-10,12-13H2,(H,22,23)/t15-,20-/m1/s1. The smallest absolute Gasteiger partial charge is 0.121 e. The number of benzene rings is 1. The third kappa shape index (κ3) is 2.33. The molecule has 1 fully saturated rings. The molecule has 1 aliphatic carbocycles. The van der Waals surface area contributed by atoms with Crippen LogP contribution in [0.25, 0.3) is 11.0 Å². The molecule has 122 valence electrons. The summed E-state index contributed by atoms with van der Waals surface area (Å²) in [7, 11) is 0. The first-order valence-corrected chi connectivity index (χ1v) is 9.00. The Morgan fingerprint density at radius 3 is 3.04 bits per heavy atom. The predicted octanol–water partition coefficient (Wildman–Crippen LogP) is 3.86. The van der Waals surface area contributed by atoms with Crippen molar-refractivity contribution in [2.45, 2.75) is 38.3 Å². The normalized spacial score (nSPS) is 23.8. The average Bonchev–Trinajstić information content (AvgIpc) is 3.04. The SMILES string of the molecule is c1cnc2c(c1)CC[C@H]1CCCN(Cc3nc4ccccc4[nH]3)[C@@H]21. The molecule has 4 heteroatoms. The average molecular weight is 318 g/mol. The Kier molecular flexibility index (Phi) is 3.37. The van der Waals surface area contributed by atoms with Crippen LogP contribution in [-0.2, 0) is 13.0 Å². The summed E-state index contributed by atoms with van der Waals surface area (Å²) in [5.41, 5.74) is 4.94. The van der Waals surface area contributed by atoms with Crippen LogP contribution in [0.1, 0.15) is 42.4 Å². The van der Waals surface area contributed by atoms with E-state index in [0.717, 1.165) is 35.9 Å². The van der Waals surface area contributed by atoms with E-state index in [1.165, 1.54) is 36.9 Å². The van der Waals surface area contributed by atoms with Gasteiger partial charge in [0.25, 0.3) is 0 Å². The Morgan fingerprint density at radius 2 is 2.08 bits per heavy atom. The summed E-state index contributed by atoms with van der Waals surface area (Å²) in [6.07, 6.45) is 7.04. The van der Waals surface area contributed by atoms with E-state index in [0.29, 0.717) is 6.04 Å². The lowest BCUT2D eigenvalue weighted by molar-refractivity contribution is 0.0676. The Morgan fingerprint density at radius 1 is 1.12 bits per heavy atom. The number of piperidine rings is 1. The van der Waals surface area contributed by atoms with Crippen molar-refractivity contribution in [3.63, 3.8) is 0 Å². The zero-order valence-electron chi connectivity index (χ0n) is 13.8. The molecule has 0 radical (unpaired) electrons. The molecule has 0 amide bonds. The number of aromatic nitrogens is 3. The van der Waals surface area contributed by atoms with Gasteiger partial charge in [0.2, 0.25) is 0 Å². The van der Waals surface area contributed by atoms with E-state index in [1.807, 2.05) is 12.3 Å². The van der Waals surface area contributed by atoms with E-state index in [-0.39, 0.29) is 0 Å². The first-order valence-electron chi connectivity index (χ1n) is 9.00. The number of nitrogens with zero attached hydrogens (tertiary/aromatic N) is 3. The largest absolute Gasteiger partial charge is 0.341 e. The molecule has 0 unspecified atom stereocenters. The van der Waals surface area contributed by atoms with Gasteiger partial charge in [0, 0.05) is 6.20 Å². The number of hydrogen-bond donors (Lipinski definition) is 1. The molecule has 2 aromatic heterocycles. The highest BCUT2D eigenvalue weighted by atomic mass is 15.2.